The molecule has 1 N–H and O–H groups in total. The van der Waals surface area contributed by atoms with Gasteiger partial charge in [-0.25, -0.2) is 19.9 Å². The van der Waals surface area contributed by atoms with Gasteiger partial charge in [0.1, 0.15) is 23.8 Å². The summed E-state index contributed by atoms with van der Waals surface area (Å²) in [6, 6.07) is 7.75. The third-order valence-electron chi connectivity index (χ3n) is 4.55. The molecular formula is C19H21N7. The lowest BCUT2D eigenvalue weighted by Crippen LogP contribution is -2.35. The van der Waals surface area contributed by atoms with E-state index in [9.17, 15) is 0 Å². The van der Waals surface area contributed by atoms with Crippen LogP contribution in [0.25, 0.3) is 0 Å². The minimum absolute atomic E-state index is 0.357. The zero-order valence-electron chi connectivity index (χ0n) is 14.7. The maximum atomic E-state index is 4.63. The van der Waals surface area contributed by atoms with Crippen LogP contribution >= 0.6 is 0 Å². The van der Waals surface area contributed by atoms with Gasteiger partial charge < -0.3 is 10.2 Å². The number of piperidine rings is 1. The fourth-order valence-corrected chi connectivity index (χ4v) is 3.22. The number of nitrogens with one attached hydrogen (secondary N) is 1. The Hall–Kier alpha value is -3.09. The van der Waals surface area contributed by atoms with Gasteiger partial charge in [0, 0.05) is 37.0 Å². The average molecular weight is 347 g/mol. The van der Waals surface area contributed by atoms with E-state index in [4.69, 9.17) is 0 Å². The van der Waals surface area contributed by atoms with Crippen molar-refractivity contribution >= 4 is 17.5 Å². The summed E-state index contributed by atoms with van der Waals surface area (Å²) >= 11 is 0. The van der Waals surface area contributed by atoms with Gasteiger partial charge in [0.05, 0.1) is 18.1 Å². The molecule has 0 saturated carbocycles. The highest BCUT2D eigenvalue weighted by Gasteiger charge is 2.23. The Bertz CT molecular complexity index is 851. The maximum absolute atomic E-state index is 4.63. The summed E-state index contributed by atoms with van der Waals surface area (Å²) in [6.07, 6.45) is 9.25. The molecule has 1 aliphatic heterocycles. The van der Waals surface area contributed by atoms with Crippen molar-refractivity contribution in [3.63, 3.8) is 0 Å². The Morgan fingerprint density at radius 2 is 2.00 bits per heavy atom. The largest absolute Gasteiger partial charge is 0.356 e. The minimum Gasteiger partial charge on any atom is -0.356 e. The first-order valence-electron chi connectivity index (χ1n) is 8.81. The average Bonchev–Trinajstić information content (AvgIpc) is 2.69. The zero-order valence-corrected chi connectivity index (χ0v) is 14.7. The standard InChI is InChI=1S/C19H21N7/c1-14-9-19(24-13-23-14)26-8-4-5-15(12-26)16-10-22-18(11-21-16)25-17-6-2-3-7-20-17/h2-3,6-7,9-11,13,15H,4-5,8,12H2,1H3,(H,20,22,25)/t15-/m1/s1. The fourth-order valence-electron chi connectivity index (χ4n) is 3.22. The molecule has 0 unspecified atom stereocenters. The Balaban J connectivity index is 1.45. The smallest absolute Gasteiger partial charge is 0.150 e. The highest BCUT2D eigenvalue weighted by molar-refractivity contribution is 5.49. The molecule has 1 fully saturated rings. The maximum Gasteiger partial charge on any atom is 0.150 e. The fraction of sp³-hybridized carbons (Fsp3) is 0.316. The lowest BCUT2D eigenvalue weighted by atomic mass is 9.95. The summed E-state index contributed by atoms with van der Waals surface area (Å²) in [5.41, 5.74) is 2.01. The number of pyridine rings is 1. The molecule has 1 saturated heterocycles. The van der Waals surface area contributed by atoms with Gasteiger partial charge in [-0.1, -0.05) is 6.07 Å². The Kier molecular flexibility index (Phi) is 4.68. The van der Waals surface area contributed by atoms with Crippen LogP contribution in [0.2, 0.25) is 0 Å². The van der Waals surface area contributed by atoms with Crippen molar-refractivity contribution in [1.29, 1.82) is 0 Å². The Morgan fingerprint density at radius 3 is 2.77 bits per heavy atom. The van der Waals surface area contributed by atoms with Crippen molar-refractivity contribution in [1.82, 2.24) is 24.9 Å². The summed E-state index contributed by atoms with van der Waals surface area (Å²) in [7, 11) is 0. The summed E-state index contributed by atoms with van der Waals surface area (Å²) in [5, 5.41) is 3.16. The minimum atomic E-state index is 0.357. The second kappa shape index (κ2) is 7.43. The first-order chi connectivity index (χ1) is 12.8. The van der Waals surface area contributed by atoms with Crippen LogP contribution in [0.3, 0.4) is 0 Å². The van der Waals surface area contributed by atoms with Crippen molar-refractivity contribution in [3.8, 4) is 0 Å². The van der Waals surface area contributed by atoms with Crippen LogP contribution in [0.5, 0.6) is 0 Å². The topological polar surface area (TPSA) is 79.7 Å². The third kappa shape index (κ3) is 3.77. The van der Waals surface area contributed by atoms with Crippen molar-refractivity contribution in [3.05, 3.63) is 60.6 Å². The van der Waals surface area contributed by atoms with Crippen LogP contribution in [-0.4, -0.2) is 38.0 Å². The van der Waals surface area contributed by atoms with Crippen LogP contribution in [0.1, 0.15) is 30.1 Å². The molecule has 0 amide bonds. The third-order valence-corrected chi connectivity index (χ3v) is 4.55. The van der Waals surface area contributed by atoms with E-state index in [0.717, 1.165) is 49.0 Å². The highest BCUT2D eigenvalue weighted by Crippen LogP contribution is 2.28. The second-order valence-corrected chi connectivity index (χ2v) is 6.47. The Labute approximate surface area is 152 Å². The number of aryl methyl sites for hydroxylation is 1. The van der Waals surface area contributed by atoms with Crippen molar-refractivity contribution < 1.29 is 0 Å². The van der Waals surface area contributed by atoms with E-state index in [-0.39, 0.29) is 0 Å². The number of nitrogens with zero attached hydrogens (tertiary/aromatic N) is 6. The number of hydrogen-bond donors (Lipinski definition) is 1. The first-order valence-corrected chi connectivity index (χ1v) is 8.81. The van der Waals surface area contributed by atoms with Gasteiger partial charge >= 0.3 is 0 Å². The molecule has 1 atom stereocenters. The van der Waals surface area contributed by atoms with Gasteiger partial charge in [-0.3, -0.25) is 4.98 Å². The summed E-state index contributed by atoms with van der Waals surface area (Å²) in [4.78, 5) is 24.3. The van der Waals surface area contributed by atoms with E-state index in [0.29, 0.717) is 11.7 Å². The van der Waals surface area contributed by atoms with Gasteiger partial charge in [-0.15, -0.1) is 0 Å². The molecule has 132 valence electrons. The van der Waals surface area contributed by atoms with Crippen molar-refractivity contribution in [2.24, 2.45) is 0 Å². The van der Waals surface area contributed by atoms with Crippen LogP contribution in [0.4, 0.5) is 17.5 Å². The highest BCUT2D eigenvalue weighted by atomic mass is 15.2. The molecule has 0 radical (unpaired) electrons. The molecular weight excluding hydrogens is 326 g/mol. The molecule has 3 aromatic rings. The number of aromatic nitrogens is 5. The lowest BCUT2D eigenvalue weighted by Gasteiger charge is -2.33. The van der Waals surface area contributed by atoms with E-state index < -0.39 is 0 Å². The molecule has 0 aromatic carbocycles. The summed E-state index contributed by atoms with van der Waals surface area (Å²) < 4.78 is 0. The molecule has 1 aliphatic rings. The molecule has 3 aromatic heterocycles. The number of anilines is 3. The van der Waals surface area contributed by atoms with Gasteiger partial charge in [0.15, 0.2) is 0 Å². The molecule has 7 nitrogen and oxygen atoms in total. The van der Waals surface area contributed by atoms with Gasteiger partial charge in [0.25, 0.3) is 0 Å². The second-order valence-electron chi connectivity index (χ2n) is 6.47. The van der Waals surface area contributed by atoms with Crippen LogP contribution in [0, 0.1) is 6.92 Å². The van der Waals surface area contributed by atoms with Gasteiger partial charge in [-0.05, 0) is 31.9 Å². The van der Waals surface area contributed by atoms with E-state index in [2.05, 4.69) is 35.1 Å². The van der Waals surface area contributed by atoms with E-state index in [1.54, 1.807) is 18.7 Å². The normalized spacial score (nSPS) is 17.1. The molecule has 4 heterocycles. The zero-order chi connectivity index (χ0) is 17.8. The number of rotatable bonds is 4. The Morgan fingerprint density at radius 1 is 1.04 bits per heavy atom. The first kappa shape index (κ1) is 16.4. The quantitative estimate of drug-likeness (QED) is 0.777. The molecule has 4 rings (SSSR count). The van der Waals surface area contributed by atoms with Gasteiger partial charge in [0.2, 0.25) is 0 Å². The van der Waals surface area contributed by atoms with Gasteiger partial charge in [-0.2, -0.15) is 0 Å². The predicted molar refractivity (Wildman–Crippen MR) is 101 cm³/mol. The summed E-state index contributed by atoms with van der Waals surface area (Å²) in [5.74, 6) is 2.81. The lowest BCUT2D eigenvalue weighted by molar-refractivity contribution is 0.497. The van der Waals surface area contributed by atoms with E-state index in [1.165, 1.54) is 0 Å². The molecule has 7 heteroatoms. The predicted octanol–water partition coefficient (Wildman–Crippen LogP) is 3.10. The van der Waals surface area contributed by atoms with Crippen molar-refractivity contribution in [2.45, 2.75) is 25.7 Å². The van der Waals surface area contributed by atoms with E-state index in [1.807, 2.05) is 37.4 Å². The summed E-state index contributed by atoms with van der Waals surface area (Å²) in [6.45, 7) is 3.91. The van der Waals surface area contributed by atoms with Crippen molar-refractivity contribution in [2.75, 3.05) is 23.3 Å². The van der Waals surface area contributed by atoms with Crippen LogP contribution < -0.4 is 10.2 Å². The monoisotopic (exact) mass is 347 g/mol. The number of hydrogen-bond acceptors (Lipinski definition) is 7. The molecule has 0 spiro atoms. The molecule has 0 bridgehead atoms. The van der Waals surface area contributed by atoms with E-state index >= 15 is 0 Å². The SMILES string of the molecule is Cc1cc(N2CCC[C@@H](c3cnc(Nc4ccccn4)cn3)C2)ncn1. The van der Waals surface area contributed by atoms with Crippen LogP contribution in [0.15, 0.2) is 49.2 Å². The molecule has 0 aliphatic carbocycles. The molecule has 26 heavy (non-hydrogen) atoms. The van der Waals surface area contributed by atoms with Crippen LogP contribution in [-0.2, 0) is 0 Å².